The zero-order chi connectivity index (χ0) is 16.0. The van der Waals surface area contributed by atoms with Crippen molar-refractivity contribution < 1.29 is 19.1 Å². The zero-order valence-corrected chi connectivity index (χ0v) is 12.9. The Bertz CT molecular complexity index is 394. The van der Waals surface area contributed by atoms with Gasteiger partial charge in [-0.05, 0) is 25.7 Å². The minimum Gasteiger partial charge on any atom is -0.465 e. The maximum absolute atomic E-state index is 12.1. The Hall–Kier alpha value is -1.63. The maximum Gasteiger partial charge on any atom is 0.325 e. The Labute approximate surface area is 125 Å². The van der Waals surface area contributed by atoms with Crippen molar-refractivity contribution in [3.05, 3.63) is 0 Å². The summed E-state index contributed by atoms with van der Waals surface area (Å²) >= 11 is 0. The van der Waals surface area contributed by atoms with Gasteiger partial charge in [-0.1, -0.05) is 13.8 Å². The van der Waals surface area contributed by atoms with E-state index in [0.717, 1.165) is 12.8 Å². The summed E-state index contributed by atoms with van der Waals surface area (Å²) in [6.07, 6.45) is 1.76. The Kier molecular flexibility index (Phi) is 6.61. The molecule has 0 radical (unpaired) electrons. The molecule has 1 atom stereocenters. The molecule has 0 aromatic rings. The van der Waals surface area contributed by atoms with Gasteiger partial charge in [0.15, 0.2) is 0 Å². The number of nitrogens with zero attached hydrogens (tertiary/aromatic N) is 1. The fourth-order valence-electron chi connectivity index (χ4n) is 1.84. The fraction of sp³-hybridized carbons (Fsp3) is 0.786. The van der Waals surface area contributed by atoms with Crippen LogP contribution in [0.3, 0.4) is 0 Å². The molecule has 1 saturated carbocycles. The second-order valence-corrected chi connectivity index (χ2v) is 5.55. The Morgan fingerprint density at radius 3 is 2.43 bits per heavy atom. The van der Waals surface area contributed by atoms with Crippen LogP contribution in [0.4, 0.5) is 0 Å². The van der Waals surface area contributed by atoms with E-state index in [1.54, 1.807) is 6.92 Å². The molecule has 1 fully saturated rings. The number of carbonyl (C=O) groups excluding carboxylic acids is 3. The highest BCUT2D eigenvalue weighted by Crippen LogP contribution is 2.26. The van der Waals surface area contributed by atoms with Crippen molar-refractivity contribution in [1.29, 1.82) is 0 Å². The molecule has 0 aromatic heterocycles. The number of hydrogen-bond donors (Lipinski definition) is 2. The Morgan fingerprint density at radius 2 is 1.95 bits per heavy atom. The van der Waals surface area contributed by atoms with Crippen molar-refractivity contribution in [2.45, 2.75) is 45.7 Å². The smallest absolute Gasteiger partial charge is 0.325 e. The van der Waals surface area contributed by atoms with Crippen LogP contribution in [0, 0.1) is 5.92 Å². The van der Waals surface area contributed by atoms with E-state index in [1.165, 1.54) is 4.90 Å². The fourth-order valence-corrected chi connectivity index (χ4v) is 1.84. The van der Waals surface area contributed by atoms with Crippen molar-refractivity contribution in [3.63, 3.8) is 0 Å². The monoisotopic (exact) mass is 299 g/mol. The number of rotatable bonds is 8. The molecule has 0 spiro atoms. The zero-order valence-electron chi connectivity index (χ0n) is 12.9. The molecule has 1 aliphatic rings. The summed E-state index contributed by atoms with van der Waals surface area (Å²) in [5.41, 5.74) is 5.70. The predicted molar refractivity (Wildman–Crippen MR) is 77.2 cm³/mol. The predicted octanol–water partition coefficient (Wildman–Crippen LogP) is -0.360. The molecule has 21 heavy (non-hydrogen) atoms. The largest absolute Gasteiger partial charge is 0.465 e. The molecule has 0 aromatic carbocycles. The average Bonchev–Trinajstić information content (AvgIpc) is 3.25. The summed E-state index contributed by atoms with van der Waals surface area (Å²) in [4.78, 5) is 36.8. The second kappa shape index (κ2) is 7.97. The molecular weight excluding hydrogens is 274 g/mol. The molecule has 0 bridgehead atoms. The number of nitrogens with one attached hydrogen (secondary N) is 1. The van der Waals surface area contributed by atoms with E-state index in [1.807, 2.05) is 13.8 Å². The lowest BCUT2D eigenvalue weighted by Gasteiger charge is -2.22. The van der Waals surface area contributed by atoms with Crippen LogP contribution in [-0.4, -0.2) is 54.5 Å². The van der Waals surface area contributed by atoms with Crippen molar-refractivity contribution in [3.8, 4) is 0 Å². The van der Waals surface area contributed by atoms with Gasteiger partial charge in [-0.25, -0.2) is 0 Å². The number of esters is 1. The molecule has 0 saturated heterocycles. The third kappa shape index (κ3) is 5.71. The minimum atomic E-state index is -0.641. The van der Waals surface area contributed by atoms with E-state index < -0.39 is 12.0 Å². The van der Waals surface area contributed by atoms with Crippen LogP contribution in [-0.2, 0) is 19.1 Å². The van der Waals surface area contributed by atoms with Gasteiger partial charge in [0.05, 0.1) is 19.2 Å². The summed E-state index contributed by atoms with van der Waals surface area (Å²) in [6.45, 7) is 5.46. The Morgan fingerprint density at radius 1 is 1.33 bits per heavy atom. The van der Waals surface area contributed by atoms with Crippen LogP contribution in [0.2, 0.25) is 0 Å². The quantitative estimate of drug-likeness (QED) is 0.596. The molecule has 0 aliphatic heterocycles. The summed E-state index contributed by atoms with van der Waals surface area (Å²) in [5, 5.41) is 2.52. The lowest BCUT2D eigenvalue weighted by Crippen LogP contribution is -2.49. The van der Waals surface area contributed by atoms with Crippen LogP contribution in [0.5, 0.6) is 0 Å². The summed E-state index contributed by atoms with van der Waals surface area (Å²) in [6, 6.07) is -0.560. The van der Waals surface area contributed by atoms with Crippen molar-refractivity contribution in [1.82, 2.24) is 10.2 Å². The van der Waals surface area contributed by atoms with Crippen LogP contribution in [0.15, 0.2) is 0 Å². The van der Waals surface area contributed by atoms with Gasteiger partial charge >= 0.3 is 5.97 Å². The lowest BCUT2D eigenvalue weighted by molar-refractivity contribution is -0.149. The summed E-state index contributed by atoms with van der Waals surface area (Å²) in [5.74, 6) is -1.07. The normalized spacial score (nSPS) is 15.5. The van der Waals surface area contributed by atoms with Crippen LogP contribution in [0.1, 0.15) is 33.6 Å². The third-order valence-corrected chi connectivity index (χ3v) is 3.35. The van der Waals surface area contributed by atoms with Gasteiger partial charge in [-0.15, -0.1) is 0 Å². The molecule has 0 unspecified atom stereocenters. The van der Waals surface area contributed by atoms with Gasteiger partial charge in [0.25, 0.3) is 0 Å². The number of nitrogens with two attached hydrogens (primary N) is 1. The summed E-state index contributed by atoms with van der Waals surface area (Å²) < 4.78 is 4.86. The number of hydrogen-bond acceptors (Lipinski definition) is 5. The molecule has 7 heteroatoms. The van der Waals surface area contributed by atoms with Crippen LogP contribution >= 0.6 is 0 Å². The highest BCUT2D eigenvalue weighted by Gasteiger charge is 2.34. The molecule has 120 valence electrons. The molecule has 3 N–H and O–H groups in total. The van der Waals surface area contributed by atoms with Gasteiger partial charge in [0.1, 0.15) is 6.54 Å². The molecular formula is C14H25N3O4. The first-order chi connectivity index (χ1) is 9.86. The summed E-state index contributed by atoms with van der Waals surface area (Å²) in [7, 11) is 0. The van der Waals surface area contributed by atoms with E-state index >= 15 is 0 Å². The minimum absolute atomic E-state index is 0.000769. The van der Waals surface area contributed by atoms with E-state index in [0.29, 0.717) is 0 Å². The van der Waals surface area contributed by atoms with Crippen molar-refractivity contribution in [2.24, 2.45) is 11.7 Å². The molecule has 7 nitrogen and oxygen atoms in total. The maximum atomic E-state index is 12.1. The van der Waals surface area contributed by atoms with Crippen LogP contribution in [0.25, 0.3) is 0 Å². The molecule has 0 heterocycles. The second-order valence-electron chi connectivity index (χ2n) is 5.55. The van der Waals surface area contributed by atoms with E-state index in [4.69, 9.17) is 10.5 Å². The topological polar surface area (TPSA) is 102 Å². The highest BCUT2D eigenvalue weighted by atomic mass is 16.5. The Balaban J connectivity index is 2.46. The molecule has 2 amide bonds. The average molecular weight is 299 g/mol. The SMILES string of the molecule is CCOC(=O)CN(C(=O)CNC(=O)[C@@H](N)C(C)C)C1CC1. The number of ether oxygens (including phenoxy) is 1. The van der Waals surface area contributed by atoms with E-state index in [9.17, 15) is 14.4 Å². The standard InChI is InChI=1S/C14H25N3O4/c1-4-21-12(19)8-17(10-5-6-10)11(18)7-16-14(20)13(15)9(2)3/h9-10,13H,4-8,15H2,1-3H3,(H,16,20)/t13-/m0/s1. The van der Waals surface area contributed by atoms with Crippen LogP contribution < -0.4 is 11.1 Å². The van der Waals surface area contributed by atoms with Gasteiger partial charge in [0, 0.05) is 6.04 Å². The molecule has 1 rings (SSSR count). The van der Waals surface area contributed by atoms with Crippen molar-refractivity contribution >= 4 is 17.8 Å². The van der Waals surface area contributed by atoms with Crippen molar-refractivity contribution in [2.75, 3.05) is 19.7 Å². The first kappa shape index (κ1) is 17.4. The molecule has 1 aliphatic carbocycles. The first-order valence-corrected chi connectivity index (χ1v) is 7.35. The van der Waals surface area contributed by atoms with Gasteiger partial charge < -0.3 is 20.7 Å². The highest BCUT2D eigenvalue weighted by molar-refractivity contribution is 5.89. The van der Waals surface area contributed by atoms with E-state index in [-0.39, 0.29) is 43.5 Å². The third-order valence-electron chi connectivity index (χ3n) is 3.35. The first-order valence-electron chi connectivity index (χ1n) is 7.35. The van der Waals surface area contributed by atoms with Gasteiger partial charge in [-0.2, -0.15) is 0 Å². The number of amides is 2. The lowest BCUT2D eigenvalue weighted by atomic mass is 10.1. The van der Waals surface area contributed by atoms with Gasteiger partial charge in [-0.3, -0.25) is 14.4 Å². The van der Waals surface area contributed by atoms with E-state index in [2.05, 4.69) is 5.32 Å². The number of carbonyl (C=O) groups is 3. The van der Waals surface area contributed by atoms with Gasteiger partial charge in [0.2, 0.25) is 11.8 Å².